The van der Waals surface area contributed by atoms with Gasteiger partial charge >= 0.3 is 6.03 Å². The summed E-state index contributed by atoms with van der Waals surface area (Å²) < 4.78 is 7.10. The van der Waals surface area contributed by atoms with Crippen LogP contribution in [0.3, 0.4) is 0 Å². The van der Waals surface area contributed by atoms with Crippen LogP contribution in [-0.4, -0.2) is 33.8 Å². The van der Waals surface area contributed by atoms with Crippen LogP contribution < -0.4 is 10.6 Å². The lowest BCUT2D eigenvalue weighted by molar-refractivity contribution is -0.119. The zero-order chi connectivity index (χ0) is 18.5. The van der Waals surface area contributed by atoms with Gasteiger partial charge in [-0.05, 0) is 17.7 Å². The van der Waals surface area contributed by atoms with E-state index in [2.05, 4.69) is 20.8 Å². The number of nitrogens with one attached hydrogen (secondary N) is 2. The van der Waals surface area contributed by atoms with Crippen molar-refractivity contribution in [3.8, 4) is 11.6 Å². The van der Waals surface area contributed by atoms with E-state index in [1.165, 1.54) is 18.8 Å². The lowest BCUT2D eigenvalue weighted by atomic mass is 10.1. The fourth-order valence-corrected chi connectivity index (χ4v) is 3.29. The molecule has 9 heteroatoms. The minimum absolute atomic E-state index is 0.442. The molecule has 2 aromatic heterocycles. The number of carbonyl (C=O) groups excluding carboxylic acids is 2. The van der Waals surface area contributed by atoms with Crippen molar-refractivity contribution in [1.82, 2.24) is 25.4 Å². The van der Waals surface area contributed by atoms with E-state index in [0.29, 0.717) is 16.7 Å². The first-order valence-electron chi connectivity index (χ1n) is 7.77. The molecule has 0 saturated heterocycles. The number of aromatic nitrogens is 3. The number of rotatable bonds is 5. The maximum Gasteiger partial charge on any atom is 0.321 e. The third kappa shape index (κ3) is 3.77. The highest BCUT2D eigenvalue weighted by Gasteiger charge is 2.26. The van der Waals surface area contributed by atoms with Crippen LogP contribution in [0.15, 0.2) is 58.3 Å². The maximum absolute atomic E-state index is 12.6. The van der Waals surface area contributed by atoms with E-state index in [0.717, 1.165) is 5.56 Å². The second kappa shape index (κ2) is 7.87. The topological polar surface area (TPSA) is 102 Å². The van der Waals surface area contributed by atoms with Crippen LogP contribution in [0.5, 0.6) is 0 Å². The molecule has 8 nitrogen and oxygen atoms in total. The van der Waals surface area contributed by atoms with E-state index in [1.54, 1.807) is 30.0 Å². The highest BCUT2D eigenvalue weighted by atomic mass is 32.2. The number of nitrogens with zero attached hydrogens (tertiary/aromatic N) is 3. The molecule has 3 amide bonds. The quantitative estimate of drug-likeness (QED) is 0.668. The predicted molar refractivity (Wildman–Crippen MR) is 96.3 cm³/mol. The smallest absolute Gasteiger partial charge is 0.321 e. The van der Waals surface area contributed by atoms with Crippen LogP contribution in [0, 0.1) is 0 Å². The molecule has 0 unspecified atom stereocenters. The highest BCUT2D eigenvalue weighted by Crippen LogP contribution is 2.35. The van der Waals surface area contributed by atoms with Gasteiger partial charge in [0.05, 0.1) is 6.26 Å². The Kier molecular flexibility index (Phi) is 5.37. The molecule has 3 rings (SSSR count). The largest absolute Gasteiger partial charge is 0.461 e. The van der Waals surface area contributed by atoms with Crippen LogP contribution in [-0.2, 0) is 11.8 Å². The summed E-state index contributed by atoms with van der Waals surface area (Å²) >= 11 is 1.20. The first-order chi connectivity index (χ1) is 12.6. The predicted octanol–water partition coefficient (Wildman–Crippen LogP) is 2.36. The van der Waals surface area contributed by atoms with Gasteiger partial charge in [-0.1, -0.05) is 42.1 Å². The maximum atomic E-state index is 12.6. The zero-order valence-electron chi connectivity index (χ0n) is 14.2. The molecular weight excluding hydrogens is 354 g/mol. The van der Waals surface area contributed by atoms with Crippen LogP contribution in [0.2, 0.25) is 0 Å². The summed E-state index contributed by atoms with van der Waals surface area (Å²) in [5.74, 6) is 0.692. The van der Waals surface area contributed by atoms with E-state index >= 15 is 0 Å². The molecule has 1 aromatic carbocycles. The molecule has 0 aliphatic heterocycles. The monoisotopic (exact) mass is 371 g/mol. The first kappa shape index (κ1) is 17.7. The summed E-state index contributed by atoms with van der Waals surface area (Å²) in [6, 6.07) is 12.2. The molecular formula is C17H17N5O3S. The zero-order valence-corrected chi connectivity index (χ0v) is 15.0. The lowest BCUT2D eigenvalue weighted by Gasteiger charge is -2.15. The number of furan rings is 1. The van der Waals surface area contributed by atoms with Gasteiger partial charge in [0.25, 0.3) is 0 Å². The molecule has 0 spiro atoms. The van der Waals surface area contributed by atoms with Crippen molar-refractivity contribution in [2.75, 3.05) is 7.05 Å². The van der Waals surface area contributed by atoms with Crippen molar-refractivity contribution < 1.29 is 14.0 Å². The van der Waals surface area contributed by atoms with Gasteiger partial charge in [0.2, 0.25) is 5.91 Å². The average Bonchev–Trinajstić information content (AvgIpc) is 3.30. The van der Waals surface area contributed by atoms with Gasteiger partial charge in [-0.15, -0.1) is 10.2 Å². The van der Waals surface area contributed by atoms with Gasteiger partial charge in [-0.2, -0.15) is 0 Å². The summed E-state index contributed by atoms with van der Waals surface area (Å²) in [5, 5.41) is 12.8. The molecule has 0 fully saturated rings. The van der Waals surface area contributed by atoms with Gasteiger partial charge in [0.15, 0.2) is 16.7 Å². The lowest BCUT2D eigenvalue weighted by Crippen LogP contribution is -2.39. The summed E-state index contributed by atoms with van der Waals surface area (Å²) in [7, 11) is 3.24. The Morgan fingerprint density at radius 1 is 1.15 bits per heavy atom. The normalized spacial score (nSPS) is 11.8. The van der Waals surface area contributed by atoms with Gasteiger partial charge in [0, 0.05) is 14.1 Å². The third-order valence-electron chi connectivity index (χ3n) is 3.60. The number of amides is 3. The number of hydrogen-bond donors (Lipinski definition) is 2. The molecule has 0 aliphatic carbocycles. The number of carbonyl (C=O) groups is 2. The number of hydrogen-bond acceptors (Lipinski definition) is 6. The second-order valence-electron chi connectivity index (χ2n) is 5.32. The molecule has 0 bridgehead atoms. The van der Waals surface area contributed by atoms with Gasteiger partial charge in [0.1, 0.15) is 5.25 Å². The summed E-state index contributed by atoms with van der Waals surface area (Å²) in [6.45, 7) is 0. The van der Waals surface area contributed by atoms with E-state index in [-0.39, 0.29) is 0 Å². The minimum Gasteiger partial charge on any atom is -0.461 e. The molecule has 0 saturated carbocycles. The molecule has 0 radical (unpaired) electrons. The summed E-state index contributed by atoms with van der Waals surface area (Å²) in [5.41, 5.74) is 0.751. The Hall–Kier alpha value is -3.07. The van der Waals surface area contributed by atoms with E-state index < -0.39 is 17.2 Å². The summed E-state index contributed by atoms with van der Waals surface area (Å²) in [4.78, 5) is 24.1. The molecule has 2 heterocycles. The van der Waals surface area contributed by atoms with Crippen molar-refractivity contribution in [3.05, 3.63) is 54.3 Å². The second-order valence-corrected chi connectivity index (χ2v) is 6.39. The minimum atomic E-state index is -0.666. The molecule has 134 valence electrons. The van der Waals surface area contributed by atoms with Crippen molar-refractivity contribution in [2.45, 2.75) is 10.4 Å². The van der Waals surface area contributed by atoms with Crippen molar-refractivity contribution in [1.29, 1.82) is 0 Å². The van der Waals surface area contributed by atoms with Gasteiger partial charge in [-0.25, -0.2) is 4.79 Å². The Labute approximate surface area is 154 Å². The van der Waals surface area contributed by atoms with E-state index in [4.69, 9.17) is 4.42 Å². The van der Waals surface area contributed by atoms with Gasteiger partial charge < -0.3 is 14.3 Å². The Morgan fingerprint density at radius 3 is 2.58 bits per heavy atom. The Bertz CT molecular complexity index is 893. The standard InChI is InChI=1S/C17H17N5O3S/c1-18-16(24)19-15(23)13(11-7-4-3-5-8-11)26-17-21-20-14(22(17)2)12-9-6-10-25-12/h3-10,13H,1-2H3,(H2,18,19,23,24)/t13-/m0/s1. The number of thioether (sulfide) groups is 1. The number of imide groups is 1. The molecule has 0 aliphatic rings. The van der Waals surface area contributed by atoms with Crippen LogP contribution in [0.1, 0.15) is 10.8 Å². The molecule has 26 heavy (non-hydrogen) atoms. The fourth-order valence-electron chi connectivity index (χ4n) is 2.28. The summed E-state index contributed by atoms with van der Waals surface area (Å²) in [6.07, 6.45) is 1.56. The Balaban J connectivity index is 1.89. The van der Waals surface area contributed by atoms with Crippen LogP contribution >= 0.6 is 11.8 Å². The fraction of sp³-hybridized carbons (Fsp3) is 0.176. The van der Waals surface area contributed by atoms with Crippen molar-refractivity contribution >= 4 is 23.7 Å². The Morgan fingerprint density at radius 2 is 1.92 bits per heavy atom. The number of urea groups is 1. The van der Waals surface area contributed by atoms with E-state index in [9.17, 15) is 9.59 Å². The molecule has 1 atom stereocenters. The van der Waals surface area contributed by atoms with Gasteiger partial charge in [-0.3, -0.25) is 10.1 Å². The molecule has 2 N–H and O–H groups in total. The van der Waals surface area contributed by atoms with Crippen molar-refractivity contribution in [3.63, 3.8) is 0 Å². The van der Waals surface area contributed by atoms with Crippen LogP contribution in [0.25, 0.3) is 11.6 Å². The first-order valence-corrected chi connectivity index (χ1v) is 8.65. The van der Waals surface area contributed by atoms with Crippen LogP contribution in [0.4, 0.5) is 4.79 Å². The molecule has 3 aromatic rings. The highest BCUT2D eigenvalue weighted by molar-refractivity contribution is 8.00. The van der Waals surface area contributed by atoms with E-state index in [1.807, 2.05) is 30.3 Å². The third-order valence-corrected chi connectivity index (χ3v) is 4.89. The SMILES string of the molecule is CNC(=O)NC(=O)[C@@H](Sc1nnc(-c2ccco2)n1C)c1ccccc1. The van der Waals surface area contributed by atoms with Crippen molar-refractivity contribution in [2.24, 2.45) is 7.05 Å². The average molecular weight is 371 g/mol. The number of benzene rings is 1.